The van der Waals surface area contributed by atoms with E-state index in [-0.39, 0.29) is 6.10 Å². The highest BCUT2D eigenvalue weighted by molar-refractivity contribution is 5.80. The van der Waals surface area contributed by atoms with E-state index in [4.69, 9.17) is 0 Å². The highest BCUT2D eigenvalue weighted by atomic mass is 16.3. The van der Waals surface area contributed by atoms with Crippen LogP contribution in [0.2, 0.25) is 0 Å². The molecule has 0 unspecified atom stereocenters. The van der Waals surface area contributed by atoms with E-state index in [1.54, 1.807) is 12.4 Å². The number of rotatable bonds is 3. The topological polar surface area (TPSA) is 55.4 Å². The Bertz CT molecular complexity index is 768. The highest BCUT2D eigenvalue weighted by Crippen LogP contribution is 2.19. The lowest BCUT2D eigenvalue weighted by molar-refractivity contribution is 0.128. The molecule has 0 saturated carbocycles. The average molecular weight is 322 g/mol. The van der Waals surface area contributed by atoms with E-state index in [1.165, 1.54) is 16.6 Å². The molecule has 5 heteroatoms. The molecule has 2 N–H and O–H groups in total. The maximum Gasteiger partial charge on any atom is 0.0841 e. The second-order valence-corrected chi connectivity index (χ2v) is 6.42. The van der Waals surface area contributed by atoms with Crippen LogP contribution in [0.15, 0.2) is 54.9 Å². The number of benzene rings is 1. The Morgan fingerprint density at radius 3 is 2.75 bits per heavy atom. The zero-order valence-corrected chi connectivity index (χ0v) is 13.6. The molecule has 1 atom stereocenters. The minimum absolute atomic E-state index is 0.356. The first-order valence-electron chi connectivity index (χ1n) is 8.40. The van der Waals surface area contributed by atoms with E-state index in [0.717, 1.165) is 25.3 Å². The van der Waals surface area contributed by atoms with Crippen molar-refractivity contribution >= 4 is 16.6 Å². The number of aliphatic hydroxyl groups is 1. The fraction of sp³-hybridized carbons (Fsp3) is 0.316. The molecule has 1 aliphatic heterocycles. The molecule has 3 aromatic rings. The van der Waals surface area contributed by atoms with Crippen molar-refractivity contribution in [1.29, 1.82) is 0 Å². The van der Waals surface area contributed by atoms with Crippen LogP contribution in [0.4, 0.5) is 5.69 Å². The Morgan fingerprint density at radius 1 is 1.08 bits per heavy atom. The van der Waals surface area contributed by atoms with E-state index >= 15 is 0 Å². The van der Waals surface area contributed by atoms with Gasteiger partial charge in [-0.05, 0) is 29.7 Å². The van der Waals surface area contributed by atoms with Gasteiger partial charge in [-0.15, -0.1) is 0 Å². The van der Waals surface area contributed by atoms with Gasteiger partial charge in [-0.2, -0.15) is 0 Å². The highest BCUT2D eigenvalue weighted by Gasteiger charge is 2.21. The Labute approximate surface area is 141 Å². The second kappa shape index (κ2) is 6.63. The van der Waals surface area contributed by atoms with Crippen molar-refractivity contribution in [2.75, 3.05) is 31.1 Å². The zero-order chi connectivity index (χ0) is 16.4. The summed E-state index contributed by atoms with van der Waals surface area (Å²) >= 11 is 0. The Balaban J connectivity index is 1.46. The van der Waals surface area contributed by atoms with Crippen molar-refractivity contribution in [2.45, 2.75) is 12.6 Å². The maximum atomic E-state index is 10.4. The standard InChI is InChI=1S/C19H22N4O/c24-18-13-22(9-10-23(14-18)17-5-7-20-8-6-17)12-16-11-15-3-1-2-4-19(15)21-16/h1-8,11,18,21,24H,9-10,12-14H2/t18-/m0/s1. The van der Waals surface area contributed by atoms with Crippen LogP contribution >= 0.6 is 0 Å². The fourth-order valence-electron chi connectivity index (χ4n) is 3.45. The Hall–Kier alpha value is -2.37. The van der Waals surface area contributed by atoms with Gasteiger partial charge in [0.05, 0.1) is 6.10 Å². The van der Waals surface area contributed by atoms with Gasteiger partial charge in [0.1, 0.15) is 0 Å². The number of anilines is 1. The predicted octanol–water partition coefficient (Wildman–Crippen LogP) is 2.25. The van der Waals surface area contributed by atoms with E-state index in [9.17, 15) is 5.11 Å². The van der Waals surface area contributed by atoms with E-state index in [2.05, 4.69) is 44.0 Å². The van der Waals surface area contributed by atoms with Crippen molar-refractivity contribution in [3.8, 4) is 0 Å². The molecule has 1 fully saturated rings. The summed E-state index contributed by atoms with van der Waals surface area (Å²) in [6.07, 6.45) is 3.24. The maximum absolute atomic E-state index is 10.4. The summed E-state index contributed by atoms with van der Waals surface area (Å²) in [5.74, 6) is 0. The molecule has 1 saturated heterocycles. The lowest BCUT2D eigenvalue weighted by Gasteiger charge is -2.23. The van der Waals surface area contributed by atoms with Crippen molar-refractivity contribution in [3.63, 3.8) is 0 Å². The average Bonchev–Trinajstić information content (AvgIpc) is 2.91. The summed E-state index contributed by atoms with van der Waals surface area (Å²) < 4.78 is 0. The van der Waals surface area contributed by atoms with Crippen LogP contribution in [0.5, 0.6) is 0 Å². The molecule has 1 aliphatic rings. The molecule has 3 heterocycles. The van der Waals surface area contributed by atoms with Crippen LogP contribution < -0.4 is 4.90 Å². The van der Waals surface area contributed by atoms with Crippen molar-refractivity contribution in [1.82, 2.24) is 14.9 Å². The first kappa shape index (κ1) is 15.2. The third-order valence-corrected chi connectivity index (χ3v) is 4.59. The van der Waals surface area contributed by atoms with Gasteiger partial charge in [0.2, 0.25) is 0 Å². The number of aromatic amines is 1. The SMILES string of the molecule is O[C@H]1CN(Cc2cc3ccccc3[nH]2)CCN(c2ccncc2)C1. The molecule has 0 bridgehead atoms. The molecular formula is C19H22N4O. The van der Waals surface area contributed by atoms with E-state index < -0.39 is 0 Å². The monoisotopic (exact) mass is 322 g/mol. The molecule has 1 aromatic carbocycles. The first-order valence-corrected chi connectivity index (χ1v) is 8.40. The van der Waals surface area contributed by atoms with Gasteiger partial charge >= 0.3 is 0 Å². The summed E-state index contributed by atoms with van der Waals surface area (Å²) in [7, 11) is 0. The van der Waals surface area contributed by atoms with Gasteiger partial charge in [0.25, 0.3) is 0 Å². The largest absolute Gasteiger partial charge is 0.390 e. The van der Waals surface area contributed by atoms with Crippen molar-refractivity contribution in [2.24, 2.45) is 0 Å². The Morgan fingerprint density at radius 2 is 1.92 bits per heavy atom. The van der Waals surface area contributed by atoms with Crippen LogP contribution in [-0.2, 0) is 6.54 Å². The molecule has 0 radical (unpaired) electrons. The summed E-state index contributed by atoms with van der Waals surface area (Å²) in [5.41, 5.74) is 3.48. The van der Waals surface area contributed by atoms with Gasteiger partial charge in [0, 0.05) is 62.0 Å². The number of nitrogens with one attached hydrogen (secondary N) is 1. The van der Waals surface area contributed by atoms with Gasteiger partial charge in [-0.25, -0.2) is 0 Å². The van der Waals surface area contributed by atoms with Gasteiger partial charge in [0.15, 0.2) is 0 Å². The number of aliphatic hydroxyl groups excluding tert-OH is 1. The van der Waals surface area contributed by atoms with Crippen LogP contribution in [-0.4, -0.2) is 52.3 Å². The number of H-pyrrole nitrogens is 1. The lowest BCUT2D eigenvalue weighted by atomic mass is 10.2. The lowest BCUT2D eigenvalue weighted by Crippen LogP contribution is -2.33. The number of aromatic nitrogens is 2. The summed E-state index contributed by atoms with van der Waals surface area (Å²) in [5, 5.41) is 11.6. The second-order valence-electron chi connectivity index (χ2n) is 6.42. The minimum atomic E-state index is -0.356. The number of pyridine rings is 1. The van der Waals surface area contributed by atoms with Crippen LogP contribution in [0, 0.1) is 0 Å². The van der Waals surface area contributed by atoms with Crippen molar-refractivity contribution in [3.05, 3.63) is 60.6 Å². The molecule has 0 amide bonds. The van der Waals surface area contributed by atoms with Crippen LogP contribution in [0.1, 0.15) is 5.69 Å². The molecule has 0 aliphatic carbocycles. The number of hydrogen-bond acceptors (Lipinski definition) is 4. The van der Waals surface area contributed by atoms with E-state index in [1.807, 2.05) is 18.2 Å². The van der Waals surface area contributed by atoms with Crippen LogP contribution in [0.3, 0.4) is 0 Å². The molecule has 4 rings (SSSR count). The third-order valence-electron chi connectivity index (χ3n) is 4.59. The number of fused-ring (bicyclic) bond motifs is 1. The number of hydrogen-bond donors (Lipinski definition) is 2. The Kier molecular flexibility index (Phi) is 4.19. The number of nitrogens with zero attached hydrogens (tertiary/aromatic N) is 3. The molecule has 124 valence electrons. The summed E-state index contributed by atoms with van der Waals surface area (Å²) in [4.78, 5) is 12.1. The molecule has 5 nitrogen and oxygen atoms in total. The smallest absolute Gasteiger partial charge is 0.0841 e. The zero-order valence-electron chi connectivity index (χ0n) is 13.6. The summed E-state index contributed by atoms with van der Waals surface area (Å²) in [6.45, 7) is 4.01. The summed E-state index contributed by atoms with van der Waals surface area (Å²) in [6, 6.07) is 14.5. The normalized spacial score (nSPS) is 19.5. The number of β-amino-alcohol motifs (C(OH)–C–C–N with tert-alkyl or cyclic N) is 1. The third kappa shape index (κ3) is 3.27. The molecule has 2 aromatic heterocycles. The van der Waals surface area contributed by atoms with Crippen molar-refractivity contribution < 1.29 is 5.11 Å². The fourth-order valence-corrected chi connectivity index (χ4v) is 3.45. The van der Waals surface area contributed by atoms with Gasteiger partial charge < -0.3 is 15.0 Å². The first-order chi connectivity index (χ1) is 11.8. The molecular weight excluding hydrogens is 300 g/mol. The molecule has 24 heavy (non-hydrogen) atoms. The number of para-hydroxylation sites is 1. The molecule has 0 spiro atoms. The van der Waals surface area contributed by atoms with Gasteiger partial charge in [-0.1, -0.05) is 18.2 Å². The predicted molar refractivity (Wildman–Crippen MR) is 96.0 cm³/mol. The quantitative estimate of drug-likeness (QED) is 0.776. The van der Waals surface area contributed by atoms with E-state index in [0.29, 0.717) is 13.1 Å². The van der Waals surface area contributed by atoms with Crippen LogP contribution in [0.25, 0.3) is 10.9 Å². The minimum Gasteiger partial charge on any atom is -0.390 e. The van der Waals surface area contributed by atoms with Gasteiger partial charge in [-0.3, -0.25) is 9.88 Å².